The van der Waals surface area contributed by atoms with Crippen LogP contribution in [0.2, 0.25) is 0 Å². The lowest BCUT2D eigenvalue weighted by molar-refractivity contribution is 0.327. The summed E-state index contributed by atoms with van der Waals surface area (Å²) < 4.78 is 6.96. The lowest BCUT2D eigenvalue weighted by atomic mass is 10.2. The Labute approximate surface area is 86.1 Å². The van der Waals surface area contributed by atoms with Gasteiger partial charge in [0.25, 0.3) is 11.6 Å². The molecule has 76 valence electrons. The van der Waals surface area contributed by atoms with E-state index < -0.39 is 0 Å². The van der Waals surface area contributed by atoms with Crippen LogP contribution in [0.15, 0.2) is 29.1 Å². The van der Waals surface area contributed by atoms with Crippen LogP contribution in [0.3, 0.4) is 0 Å². The average molecular weight is 202 g/mol. The molecule has 0 radical (unpaired) electrons. The van der Waals surface area contributed by atoms with Crippen LogP contribution < -0.4 is 10.3 Å². The molecule has 0 fully saturated rings. The van der Waals surface area contributed by atoms with Gasteiger partial charge in [0, 0.05) is 0 Å². The van der Waals surface area contributed by atoms with Gasteiger partial charge in [0.15, 0.2) is 0 Å². The summed E-state index contributed by atoms with van der Waals surface area (Å²) in [6.45, 7) is 2.48. The normalized spacial score (nSPS) is 18.9. The van der Waals surface area contributed by atoms with Gasteiger partial charge < -0.3 is 4.74 Å². The van der Waals surface area contributed by atoms with Crippen molar-refractivity contribution in [3.63, 3.8) is 0 Å². The predicted octanol–water partition coefficient (Wildman–Crippen LogP) is 1.35. The Bertz CT molecular complexity index is 589. The molecule has 2 heterocycles. The number of nitrogens with zero attached hydrogens (tertiary/aromatic N) is 2. The zero-order chi connectivity index (χ0) is 10.4. The van der Waals surface area contributed by atoms with E-state index in [2.05, 4.69) is 4.98 Å². The van der Waals surface area contributed by atoms with E-state index in [4.69, 9.17) is 4.74 Å². The topological polar surface area (TPSA) is 44.1 Å². The molecule has 1 atom stereocenters. The molecule has 2 aromatic rings. The van der Waals surface area contributed by atoms with E-state index in [1.165, 1.54) is 0 Å². The molecule has 0 saturated carbocycles. The monoisotopic (exact) mass is 202 g/mol. The Morgan fingerprint density at radius 3 is 3.13 bits per heavy atom. The van der Waals surface area contributed by atoms with E-state index in [0.717, 1.165) is 0 Å². The maximum Gasteiger partial charge on any atom is 0.300 e. The number of hydrogen-bond donors (Lipinski definition) is 0. The summed E-state index contributed by atoms with van der Waals surface area (Å²) in [5.41, 5.74) is 0.684. The minimum Gasteiger partial charge on any atom is -0.462 e. The van der Waals surface area contributed by atoms with Crippen molar-refractivity contribution in [3.8, 4) is 6.01 Å². The highest BCUT2D eigenvalue weighted by molar-refractivity contribution is 5.77. The third kappa shape index (κ3) is 1.08. The molecule has 1 aliphatic rings. The molecule has 0 N–H and O–H groups in total. The van der Waals surface area contributed by atoms with Crippen molar-refractivity contribution in [1.29, 1.82) is 0 Å². The Hall–Kier alpha value is -1.84. The Kier molecular flexibility index (Phi) is 1.59. The van der Waals surface area contributed by atoms with Crippen LogP contribution in [0.25, 0.3) is 10.9 Å². The van der Waals surface area contributed by atoms with Crippen LogP contribution in [0.5, 0.6) is 6.01 Å². The highest BCUT2D eigenvalue weighted by atomic mass is 16.5. The highest BCUT2D eigenvalue weighted by Gasteiger charge is 2.23. The van der Waals surface area contributed by atoms with E-state index in [-0.39, 0.29) is 11.6 Å². The Morgan fingerprint density at radius 1 is 1.47 bits per heavy atom. The number of rotatable bonds is 0. The fourth-order valence-corrected chi connectivity index (χ4v) is 1.89. The fourth-order valence-electron chi connectivity index (χ4n) is 1.89. The van der Waals surface area contributed by atoms with E-state index >= 15 is 0 Å². The zero-order valence-corrected chi connectivity index (χ0v) is 8.30. The third-order valence-corrected chi connectivity index (χ3v) is 2.67. The van der Waals surface area contributed by atoms with Gasteiger partial charge in [-0.25, -0.2) is 0 Å². The lowest BCUT2D eigenvalue weighted by Crippen LogP contribution is -2.21. The number of benzene rings is 1. The molecule has 0 saturated heterocycles. The Balaban J connectivity index is 2.47. The quantitative estimate of drug-likeness (QED) is 0.647. The largest absolute Gasteiger partial charge is 0.462 e. The second-order valence-electron chi connectivity index (χ2n) is 3.75. The summed E-state index contributed by atoms with van der Waals surface area (Å²) in [5, 5.41) is 0.651. The minimum absolute atomic E-state index is 0.0133. The fraction of sp³-hybridized carbons (Fsp3) is 0.273. The van der Waals surface area contributed by atoms with Gasteiger partial charge in [0.2, 0.25) is 0 Å². The highest BCUT2D eigenvalue weighted by Crippen LogP contribution is 2.22. The molecule has 0 bridgehead atoms. The number of para-hydroxylation sites is 1. The first-order valence-electron chi connectivity index (χ1n) is 4.91. The molecular weight excluding hydrogens is 192 g/mol. The maximum atomic E-state index is 12.1. The summed E-state index contributed by atoms with van der Waals surface area (Å²) in [7, 11) is 0. The third-order valence-electron chi connectivity index (χ3n) is 2.67. The summed E-state index contributed by atoms with van der Waals surface area (Å²) in [5.74, 6) is 0. The van der Waals surface area contributed by atoms with E-state index in [0.29, 0.717) is 23.5 Å². The molecule has 0 amide bonds. The van der Waals surface area contributed by atoms with Crippen molar-refractivity contribution >= 4 is 10.9 Å². The van der Waals surface area contributed by atoms with Crippen LogP contribution in [-0.4, -0.2) is 16.2 Å². The van der Waals surface area contributed by atoms with Crippen LogP contribution >= 0.6 is 0 Å². The van der Waals surface area contributed by atoms with Gasteiger partial charge in [-0.05, 0) is 19.1 Å². The van der Waals surface area contributed by atoms with Gasteiger partial charge in [-0.1, -0.05) is 12.1 Å². The van der Waals surface area contributed by atoms with Crippen molar-refractivity contribution in [1.82, 2.24) is 9.55 Å². The van der Waals surface area contributed by atoms with Gasteiger partial charge in [0.1, 0.15) is 6.61 Å². The van der Waals surface area contributed by atoms with Gasteiger partial charge in [-0.2, -0.15) is 4.98 Å². The first kappa shape index (κ1) is 8.47. The van der Waals surface area contributed by atoms with Crippen molar-refractivity contribution in [2.75, 3.05) is 6.61 Å². The molecule has 15 heavy (non-hydrogen) atoms. The van der Waals surface area contributed by atoms with Crippen LogP contribution in [0.1, 0.15) is 13.0 Å². The van der Waals surface area contributed by atoms with E-state index in [1.807, 2.05) is 25.1 Å². The summed E-state index contributed by atoms with van der Waals surface area (Å²) in [6, 6.07) is 7.84. The number of fused-ring (bicyclic) bond motifs is 2. The number of hydrogen-bond acceptors (Lipinski definition) is 3. The molecule has 3 rings (SSSR count). The van der Waals surface area contributed by atoms with Crippen molar-refractivity contribution in [3.05, 3.63) is 34.6 Å². The van der Waals surface area contributed by atoms with Gasteiger partial charge in [-0.15, -0.1) is 0 Å². The van der Waals surface area contributed by atoms with Crippen molar-refractivity contribution in [2.45, 2.75) is 13.0 Å². The Morgan fingerprint density at radius 2 is 2.27 bits per heavy atom. The summed E-state index contributed by atoms with van der Waals surface area (Å²) >= 11 is 0. The molecule has 4 nitrogen and oxygen atoms in total. The van der Waals surface area contributed by atoms with Crippen molar-refractivity contribution < 1.29 is 4.74 Å². The molecule has 0 spiro atoms. The second-order valence-corrected chi connectivity index (χ2v) is 3.75. The SMILES string of the molecule is CC1COc2nc3ccccc3c(=O)n21. The molecular formula is C11H10N2O2. The smallest absolute Gasteiger partial charge is 0.300 e. The first-order valence-corrected chi connectivity index (χ1v) is 4.91. The van der Waals surface area contributed by atoms with E-state index in [1.54, 1.807) is 10.6 Å². The number of ether oxygens (including phenoxy) is 1. The molecule has 1 aliphatic heterocycles. The number of aromatic nitrogens is 2. The van der Waals surface area contributed by atoms with Crippen LogP contribution in [0, 0.1) is 0 Å². The minimum atomic E-state index is -0.0133. The first-order chi connectivity index (χ1) is 7.27. The lowest BCUT2D eigenvalue weighted by Gasteiger charge is -2.05. The van der Waals surface area contributed by atoms with Gasteiger partial charge in [-0.3, -0.25) is 9.36 Å². The van der Waals surface area contributed by atoms with Crippen LogP contribution in [-0.2, 0) is 0 Å². The zero-order valence-electron chi connectivity index (χ0n) is 8.30. The molecule has 1 unspecified atom stereocenters. The van der Waals surface area contributed by atoms with Crippen LogP contribution in [0.4, 0.5) is 0 Å². The molecule has 4 heteroatoms. The van der Waals surface area contributed by atoms with Gasteiger partial charge in [0.05, 0.1) is 16.9 Å². The second kappa shape index (κ2) is 2.82. The predicted molar refractivity (Wildman–Crippen MR) is 56.2 cm³/mol. The standard InChI is InChI=1S/C11H10N2O2/c1-7-6-15-11-12-9-5-3-2-4-8(9)10(14)13(7)11/h2-5,7H,6H2,1H3. The van der Waals surface area contributed by atoms with Crippen molar-refractivity contribution in [2.24, 2.45) is 0 Å². The maximum absolute atomic E-state index is 12.1. The molecule has 1 aromatic heterocycles. The van der Waals surface area contributed by atoms with Gasteiger partial charge >= 0.3 is 0 Å². The molecule has 0 aliphatic carbocycles. The average Bonchev–Trinajstić information content (AvgIpc) is 2.61. The van der Waals surface area contributed by atoms with E-state index in [9.17, 15) is 4.79 Å². The summed E-state index contributed by atoms with van der Waals surface area (Å²) in [6.07, 6.45) is 0. The summed E-state index contributed by atoms with van der Waals surface area (Å²) in [4.78, 5) is 16.4. The molecule has 1 aromatic carbocycles.